The molecule has 1 atom stereocenters. The zero-order chi connectivity index (χ0) is 24.1. The Bertz CT molecular complexity index is 1280. The Hall–Kier alpha value is -4.23. The molecule has 0 bridgehead atoms. The standard InChI is InChI=1S/C23H23FN6O3/c1-13(31)11-27-22(32)17-12-26-7-6-19(17)28-20-9-16(23(33)29-21(20)30(2)3)15-8-14(10-25)4-5-18(15)24/h4-9,12-13,31H,11H2,1-3H3,(H,26,28)(H,27,32)(H,29,33). The summed E-state index contributed by atoms with van der Waals surface area (Å²) < 4.78 is 14.5. The van der Waals surface area contributed by atoms with Crippen LogP contribution in [0.5, 0.6) is 0 Å². The molecule has 2 aromatic heterocycles. The zero-order valence-electron chi connectivity index (χ0n) is 18.3. The Morgan fingerprint density at radius 1 is 1.27 bits per heavy atom. The number of rotatable bonds is 7. The number of carbonyl (C=O) groups is 1. The number of H-pyrrole nitrogens is 1. The van der Waals surface area contributed by atoms with E-state index >= 15 is 0 Å². The first-order chi connectivity index (χ1) is 15.7. The SMILES string of the molecule is CC(O)CNC(=O)c1cnccc1Nc1cc(-c2cc(C#N)ccc2F)c(=O)[nH]c1N(C)C. The average Bonchev–Trinajstić information content (AvgIpc) is 2.79. The molecule has 2 heterocycles. The molecule has 0 radical (unpaired) electrons. The molecular weight excluding hydrogens is 427 g/mol. The van der Waals surface area contributed by atoms with Crippen LogP contribution < -0.4 is 21.1 Å². The number of aromatic amines is 1. The average molecular weight is 450 g/mol. The van der Waals surface area contributed by atoms with Gasteiger partial charge in [0.25, 0.3) is 11.5 Å². The molecule has 10 heteroatoms. The van der Waals surface area contributed by atoms with E-state index in [4.69, 9.17) is 5.26 Å². The fourth-order valence-electron chi connectivity index (χ4n) is 3.13. The Morgan fingerprint density at radius 3 is 2.70 bits per heavy atom. The molecule has 3 aromatic rings. The lowest BCUT2D eigenvalue weighted by atomic mass is 10.0. The van der Waals surface area contributed by atoms with Gasteiger partial charge in [0, 0.05) is 38.6 Å². The van der Waals surface area contributed by atoms with Crippen molar-refractivity contribution in [1.29, 1.82) is 5.26 Å². The topological polar surface area (TPSA) is 134 Å². The van der Waals surface area contributed by atoms with Gasteiger partial charge in [-0.1, -0.05) is 0 Å². The summed E-state index contributed by atoms with van der Waals surface area (Å²) in [6.45, 7) is 1.61. The quantitative estimate of drug-likeness (QED) is 0.434. The summed E-state index contributed by atoms with van der Waals surface area (Å²) in [6.07, 6.45) is 2.15. The first-order valence-electron chi connectivity index (χ1n) is 10.0. The molecule has 1 unspecified atom stereocenters. The van der Waals surface area contributed by atoms with E-state index in [1.54, 1.807) is 32.0 Å². The predicted molar refractivity (Wildman–Crippen MR) is 123 cm³/mol. The second-order valence-electron chi connectivity index (χ2n) is 7.58. The van der Waals surface area contributed by atoms with Crippen LogP contribution in [-0.2, 0) is 0 Å². The van der Waals surface area contributed by atoms with E-state index in [1.807, 2.05) is 6.07 Å². The van der Waals surface area contributed by atoms with E-state index in [0.717, 1.165) is 6.07 Å². The van der Waals surface area contributed by atoms with Crippen LogP contribution in [0.1, 0.15) is 22.8 Å². The molecule has 0 fully saturated rings. The van der Waals surface area contributed by atoms with Crippen LogP contribution in [0, 0.1) is 17.1 Å². The van der Waals surface area contributed by atoms with Gasteiger partial charge in [-0.15, -0.1) is 0 Å². The summed E-state index contributed by atoms with van der Waals surface area (Å²) in [5, 5.41) is 24.3. The van der Waals surface area contributed by atoms with E-state index in [0.29, 0.717) is 17.2 Å². The summed E-state index contributed by atoms with van der Waals surface area (Å²) in [7, 11) is 3.44. The summed E-state index contributed by atoms with van der Waals surface area (Å²) in [6, 6.07) is 8.75. The van der Waals surface area contributed by atoms with Crippen molar-refractivity contribution in [2.75, 3.05) is 30.9 Å². The van der Waals surface area contributed by atoms with Crippen molar-refractivity contribution in [3.63, 3.8) is 0 Å². The smallest absolute Gasteiger partial charge is 0.257 e. The molecule has 0 spiro atoms. The van der Waals surface area contributed by atoms with E-state index in [9.17, 15) is 19.1 Å². The molecule has 9 nitrogen and oxygen atoms in total. The number of benzene rings is 1. The number of hydrogen-bond donors (Lipinski definition) is 4. The van der Waals surface area contributed by atoms with Crippen LogP contribution in [0.3, 0.4) is 0 Å². The molecule has 4 N–H and O–H groups in total. The highest BCUT2D eigenvalue weighted by atomic mass is 19.1. The maximum absolute atomic E-state index is 14.5. The predicted octanol–water partition coefficient (Wildman–Crippen LogP) is 2.37. The van der Waals surface area contributed by atoms with Crippen LogP contribution in [0.2, 0.25) is 0 Å². The van der Waals surface area contributed by atoms with Gasteiger partial charge in [-0.2, -0.15) is 5.26 Å². The summed E-state index contributed by atoms with van der Waals surface area (Å²) in [5.41, 5.74) is 0.673. The largest absolute Gasteiger partial charge is 0.392 e. The highest BCUT2D eigenvalue weighted by Crippen LogP contribution is 2.31. The number of pyridine rings is 2. The summed E-state index contributed by atoms with van der Waals surface area (Å²) in [5.74, 6) is -0.701. The number of carbonyl (C=O) groups excluding carboxylic acids is 1. The van der Waals surface area contributed by atoms with Crippen molar-refractivity contribution >= 4 is 23.1 Å². The number of aromatic nitrogens is 2. The van der Waals surface area contributed by atoms with Crippen LogP contribution in [0.25, 0.3) is 11.1 Å². The van der Waals surface area contributed by atoms with Crippen LogP contribution >= 0.6 is 0 Å². The van der Waals surface area contributed by atoms with Crippen molar-refractivity contribution in [2.24, 2.45) is 0 Å². The van der Waals surface area contributed by atoms with Gasteiger partial charge in [-0.3, -0.25) is 14.6 Å². The number of nitrogens with one attached hydrogen (secondary N) is 3. The van der Waals surface area contributed by atoms with Crippen LogP contribution in [0.15, 0.2) is 47.5 Å². The van der Waals surface area contributed by atoms with Crippen LogP contribution in [-0.4, -0.2) is 47.7 Å². The first-order valence-corrected chi connectivity index (χ1v) is 10.0. The van der Waals surface area contributed by atoms with E-state index in [1.165, 1.54) is 30.6 Å². The number of halogens is 1. The first kappa shape index (κ1) is 23.4. The second kappa shape index (κ2) is 9.93. The number of aliphatic hydroxyl groups excluding tert-OH is 1. The van der Waals surface area contributed by atoms with E-state index in [-0.39, 0.29) is 28.8 Å². The number of amides is 1. The molecular formula is C23H23FN6O3. The van der Waals surface area contributed by atoms with Gasteiger partial charge in [-0.05, 0) is 37.3 Å². The summed E-state index contributed by atoms with van der Waals surface area (Å²) >= 11 is 0. The maximum Gasteiger partial charge on any atom is 0.257 e. The molecule has 0 aliphatic carbocycles. The van der Waals surface area contributed by atoms with E-state index in [2.05, 4.69) is 20.6 Å². The minimum absolute atomic E-state index is 0.0201. The number of aliphatic hydroxyl groups is 1. The molecule has 170 valence electrons. The number of nitriles is 1. The van der Waals surface area contributed by atoms with Gasteiger partial charge in [-0.25, -0.2) is 4.39 Å². The molecule has 3 rings (SSSR count). The molecule has 0 saturated heterocycles. The molecule has 0 aliphatic heterocycles. The lowest BCUT2D eigenvalue weighted by molar-refractivity contribution is 0.0924. The Labute approximate surface area is 189 Å². The molecule has 1 amide bonds. The summed E-state index contributed by atoms with van der Waals surface area (Å²) in [4.78, 5) is 33.7. The van der Waals surface area contributed by atoms with E-state index < -0.39 is 23.4 Å². The Morgan fingerprint density at radius 2 is 2.03 bits per heavy atom. The number of hydrogen-bond acceptors (Lipinski definition) is 7. The van der Waals surface area contributed by atoms with Crippen LogP contribution in [0.4, 0.5) is 21.6 Å². The van der Waals surface area contributed by atoms with Gasteiger partial charge in [0.05, 0.1) is 40.2 Å². The van der Waals surface area contributed by atoms with Crippen molar-refractivity contribution in [3.05, 3.63) is 70.0 Å². The van der Waals surface area contributed by atoms with Crippen molar-refractivity contribution in [1.82, 2.24) is 15.3 Å². The van der Waals surface area contributed by atoms with Gasteiger partial charge < -0.3 is 25.6 Å². The monoisotopic (exact) mass is 450 g/mol. The zero-order valence-corrected chi connectivity index (χ0v) is 18.3. The Kier molecular flexibility index (Phi) is 7.05. The van der Waals surface area contributed by atoms with Crippen molar-refractivity contribution in [2.45, 2.75) is 13.0 Å². The lowest BCUT2D eigenvalue weighted by Crippen LogP contribution is -2.31. The third-order valence-electron chi connectivity index (χ3n) is 4.75. The molecule has 33 heavy (non-hydrogen) atoms. The Balaban J connectivity index is 2.10. The van der Waals surface area contributed by atoms with Gasteiger partial charge in [0.1, 0.15) is 11.6 Å². The molecule has 1 aromatic carbocycles. The minimum Gasteiger partial charge on any atom is -0.392 e. The minimum atomic E-state index is -0.719. The molecule has 0 saturated carbocycles. The number of anilines is 3. The van der Waals surface area contributed by atoms with Crippen molar-refractivity contribution < 1.29 is 14.3 Å². The van der Waals surface area contributed by atoms with Gasteiger partial charge in [0.2, 0.25) is 0 Å². The normalized spacial score (nSPS) is 11.4. The maximum atomic E-state index is 14.5. The lowest BCUT2D eigenvalue weighted by Gasteiger charge is -2.20. The fourth-order valence-corrected chi connectivity index (χ4v) is 3.13. The van der Waals surface area contributed by atoms with Crippen molar-refractivity contribution in [3.8, 4) is 17.2 Å². The highest BCUT2D eigenvalue weighted by Gasteiger charge is 2.18. The molecule has 0 aliphatic rings. The third kappa shape index (κ3) is 5.34. The van der Waals surface area contributed by atoms with Gasteiger partial charge >= 0.3 is 0 Å². The highest BCUT2D eigenvalue weighted by molar-refractivity contribution is 6.00. The fraction of sp³-hybridized carbons (Fsp3) is 0.217. The number of nitrogens with zero attached hydrogens (tertiary/aromatic N) is 3. The van der Waals surface area contributed by atoms with Gasteiger partial charge in [0.15, 0.2) is 0 Å². The second-order valence-corrected chi connectivity index (χ2v) is 7.58. The third-order valence-corrected chi connectivity index (χ3v) is 4.75.